The molecular formula is C11H12O6. The third-order valence-corrected chi connectivity index (χ3v) is 2.36. The van der Waals surface area contributed by atoms with Crippen molar-refractivity contribution < 1.29 is 28.6 Å². The largest absolute Gasteiger partial charge is 0.470 e. The van der Waals surface area contributed by atoms with E-state index < -0.39 is 29.6 Å². The van der Waals surface area contributed by atoms with Gasteiger partial charge in [-0.15, -0.1) is 0 Å². The van der Waals surface area contributed by atoms with Gasteiger partial charge in [-0.3, -0.25) is 9.59 Å². The Labute approximate surface area is 97.8 Å². The quantitative estimate of drug-likeness (QED) is 0.396. The molecule has 17 heavy (non-hydrogen) atoms. The van der Waals surface area contributed by atoms with E-state index in [2.05, 4.69) is 16.1 Å². The number of rotatable bonds is 4. The maximum Gasteiger partial charge on any atom is 0.375 e. The van der Waals surface area contributed by atoms with Gasteiger partial charge in [-0.25, -0.2) is 4.79 Å². The molecule has 6 nitrogen and oxygen atoms in total. The Morgan fingerprint density at radius 1 is 1.35 bits per heavy atom. The maximum atomic E-state index is 11.7. The highest BCUT2D eigenvalue weighted by atomic mass is 16.5. The van der Waals surface area contributed by atoms with Crippen molar-refractivity contribution in [1.82, 2.24) is 0 Å². The summed E-state index contributed by atoms with van der Waals surface area (Å²) in [5.74, 6) is -4.75. The van der Waals surface area contributed by atoms with E-state index in [4.69, 9.17) is 4.74 Å². The van der Waals surface area contributed by atoms with Crippen LogP contribution in [0.2, 0.25) is 0 Å². The minimum atomic E-state index is -1.32. The maximum absolute atomic E-state index is 11.7. The summed E-state index contributed by atoms with van der Waals surface area (Å²) in [6.07, 6.45) is 2.76. The first-order chi connectivity index (χ1) is 8.02. The number of carbonyl (C=O) groups excluding carboxylic acids is 3. The number of allylic oxidation sites excluding steroid dienone is 1. The number of hydrogen-bond acceptors (Lipinski definition) is 6. The predicted molar refractivity (Wildman–Crippen MR) is 55.4 cm³/mol. The third kappa shape index (κ3) is 2.52. The van der Waals surface area contributed by atoms with Gasteiger partial charge in [0.2, 0.25) is 0 Å². The molecule has 0 aromatic rings. The lowest BCUT2D eigenvalue weighted by atomic mass is 9.88. The molecule has 0 aromatic heterocycles. The zero-order chi connectivity index (χ0) is 13.0. The average Bonchev–Trinajstić information content (AvgIpc) is 2.74. The van der Waals surface area contributed by atoms with E-state index in [0.717, 1.165) is 14.2 Å². The van der Waals surface area contributed by atoms with Gasteiger partial charge in [-0.2, -0.15) is 0 Å². The van der Waals surface area contributed by atoms with E-state index in [1.807, 2.05) is 0 Å². The van der Waals surface area contributed by atoms with Gasteiger partial charge >= 0.3 is 11.9 Å². The molecule has 0 fully saturated rings. The first-order valence-corrected chi connectivity index (χ1v) is 4.75. The zero-order valence-corrected chi connectivity index (χ0v) is 9.47. The molecule has 0 saturated carbocycles. The Morgan fingerprint density at radius 3 is 2.41 bits per heavy atom. The van der Waals surface area contributed by atoms with Gasteiger partial charge in [-0.1, -0.05) is 6.58 Å². The van der Waals surface area contributed by atoms with Gasteiger partial charge in [0, 0.05) is 0 Å². The molecule has 1 rings (SSSR count). The lowest BCUT2D eigenvalue weighted by molar-refractivity contribution is -0.160. The van der Waals surface area contributed by atoms with E-state index >= 15 is 0 Å². The Bertz CT molecular complexity index is 395. The Kier molecular flexibility index (Phi) is 4.03. The summed E-state index contributed by atoms with van der Waals surface area (Å²) in [6.45, 7) is 3.54. The van der Waals surface area contributed by atoms with E-state index in [9.17, 15) is 14.4 Å². The molecule has 0 spiro atoms. The van der Waals surface area contributed by atoms with Gasteiger partial charge in [0.25, 0.3) is 5.78 Å². The van der Waals surface area contributed by atoms with Crippen molar-refractivity contribution in [2.75, 3.05) is 14.2 Å². The Morgan fingerprint density at radius 2 is 2.00 bits per heavy atom. The van der Waals surface area contributed by atoms with E-state index in [-0.39, 0.29) is 5.76 Å². The van der Waals surface area contributed by atoms with Crippen LogP contribution in [0.1, 0.15) is 0 Å². The van der Waals surface area contributed by atoms with Gasteiger partial charge < -0.3 is 14.2 Å². The summed E-state index contributed by atoms with van der Waals surface area (Å²) in [6, 6.07) is 0. The molecule has 92 valence electrons. The standard InChI is InChI=1S/C11H12O6/c1-6-7(4-5-17-6)8(10(13)15-2)9(12)11(14)16-3/h4-5,7-8H,1H2,2-3H3. The molecule has 0 aromatic carbocycles. The summed E-state index contributed by atoms with van der Waals surface area (Å²) < 4.78 is 13.7. The number of hydrogen-bond donors (Lipinski definition) is 0. The van der Waals surface area contributed by atoms with E-state index in [1.54, 1.807) is 0 Å². The van der Waals surface area contributed by atoms with Crippen molar-refractivity contribution in [2.24, 2.45) is 11.8 Å². The topological polar surface area (TPSA) is 78.9 Å². The number of esters is 2. The smallest absolute Gasteiger partial charge is 0.375 e. The summed E-state index contributed by atoms with van der Waals surface area (Å²) in [5.41, 5.74) is 0. The molecule has 0 amide bonds. The molecular weight excluding hydrogens is 228 g/mol. The van der Waals surface area contributed by atoms with E-state index in [0.29, 0.717) is 0 Å². The van der Waals surface area contributed by atoms with Crippen molar-refractivity contribution >= 4 is 17.7 Å². The number of ketones is 1. The number of methoxy groups -OCH3 is 2. The van der Waals surface area contributed by atoms with Crippen molar-refractivity contribution in [3.8, 4) is 0 Å². The van der Waals surface area contributed by atoms with Crippen LogP contribution >= 0.6 is 0 Å². The van der Waals surface area contributed by atoms with Crippen LogP contribution in [0.25, 0.3) is 0 Å². The second-order valence-electron chi connectivity index (χ2n) is 3.30. The highest BCUT2D eigenvalue weighted by molar-refractivity contribution is 6.38. The van der Waals surface area contributed by atoms with Crippen LogP contribution in [0, 0.1) is 11.8 Å². The van der Waals surface area contributed by atoms with E-state index in [1.165, 1.54) is 12.3 Å². The van der Waals surface area contributed by atoms with Crippen LogP contribution in [0.3, 0.4) is 0 Å². The lowest BCUT2D eigenvalue weighted by Gasteiger charge is -2.17. The lowest BCUT2D eigenvalue weighted by Crippen LogP contribution is -2.36. The fraction of sp³-hybridized carbons (Fsp3) is 0.364. The average molecular weight is 240 g/mol. The van der Waals surface area contributed by atoms with Crippen LogP contribution in [0.4, 0.5) is 0 Å². The van der Waals surface area contributed by atoms with Crippen LogP contribution in [-0.2, 0) is 28.6 Å². The fourth-order valence-electron chi connectivity index (χ4n) is 1.47. The van der Waals surface area contributed by atoms with Crippen molar-refractivity contribution in [1.29, 1.82) is 0 Å². The van der Waals surface area contributed by atoms with Gasteiger partial charge in [0.15, 0.2) is 0 Å². The molecule has 0 bridgehead atoms. The Hall–Kier alpha value is -2.11. The molecule has 0 saturated heterocycles. The molecule has 0 N–H and O–H groups in total. The van der Waals surface area contributed by atoms with Crippen LogP contribution in [0.15, 0.2) is 24.7 Å². The van der Waals surface area contributed by atoms with Gasteiger partial charge in [0.05, 0.1) is 26.4 Å². The molecule has 0 radical (unpaired) electrons. The molecule has 1 heterocycles. The molecule has 2 unspecified atom stereocenters. The van der Waals surface area contributed by atoms with Gasteiger partial charge in [-0.05, 0) is 6.08 Å². The summed E-state index contributed by atoms with van der Waals surface area (Å²) in [5, 5.41) is 0. The van der Waals surface area contributed by atoms with Crippen LogP contribution in [0.5, 0.6) is 0 Å². The number of carbonyl (C=O) groups is 3. The molecule has 1 aliphatic rings. The number of Topliss-reactive ketones (excluding diaryl/α,β-unsaturated/α-hetero) is 1. The highest BCUT2D eigenvalue weighted by Gasteiger charge is 2.42. The summed E-state index contributed by atoms with van der Waals surface area (Å²) in [4.78, 5) is 34.4. The normalized spacial score (nSPS) is 19.4. The molecule has 2 atom stereocenters. The first-order valence-electron chi connectivity index (χ1n) is 4.75. The molecule has 0 aliphatic carbocycles. The fourth-order valence-corrected chi connectivity index (χ4v) is 1.47. The summed E-state index contributed by atoms with van der Waals surface area (Å²) >= 11 is 0. The Balaban J connectivity index is 2.99. The highest BCUT2D eigenvalue weighted by Crippen LogP contribution is 2.29. The summed E-state index contributed by atoms with van der Waals surface area (Å²) in [7, 11) is 2.19. The predicted octanol–water partition coefficient (Wildman–Crippen LogP) is 0.191. The SMILES string of the molecule is C=C1OC=CC1C(C(=O)OC)C(=O)C(=O)OC. The van der Waals surface area contributed by atoms with Crippen LogP contribution in [-0.4, -0.2) is 31.9 Å². The van der Waals surface area contributed by atoms with Crippen molar-refractivity contribution in [3.05, 3.63) is 24.7 Å². The second-order valence-corrected chi connectivity index (χ2v) is 3.30. The van der Waals surface area contributed by atoms with Crippen molar-refractivity contribution in [2.45, 2.75) is 0 Å². The second kappa shape index (κ2) is 5.29. The monoisotopic (exact) mass is 240 g/mol. The zero-order valence-electron chi connectivity index (χ0n) is 9.47. The number of ether oxygens (including phenoxy) is 3. The minimum absolute atomic E-state index is 0.206. The van der Waals surface area contributed by atoms with Gasteiger partial charge in [0.1, 0.15) is 11.7 Å². The third-order valence-electron chi connectivity index (χ3n) is 2.36. The van der Waals surface area contributed by atoms with Crippen molar-refractivity contribution in [3.63, 3.8) is 0 Å². The minimum Gasteiger partial charge on any atom is -0.470 e. The molecule has 1 aliphatic heterocycles. The molecule has 6 heteroatoms. The van der Waals surface area contributed by atoms with Crippen LogP contribution < -0.4 is 0 Å². The first kappa shape index (κ1) is 13.0.